The number of para-hydroxylation sites is 1. The van der Waals surface area contributed by atoms with Crippen LogP contribution in [0, 0.1) is 0 Å². The van der Waals surface area contributed by atoms with Gasteiger partial charge in [-0.25, -0.2) is 15.0 Å². The van der Waals surface area contributed by atoms with Gasteiger partial charge in [-0.3, -0.25) is 0 Å². The van der Waals surface area contributed by atoms with Crippen molar-refractivity contribution in [3.8, 4) is 51.0 Å². The third-order valence-electron chi connectivity index (χ3n) is 10.8. The average Bonchev–Trinajstić information content (AvgIpc) is 3.59. The molecule has 0 atom stereocenters. The summed E-state index contributed by atoms with van der Waals surface area (Å²) in [5, 5.41) is 9.62. The number of hydrogen-bond donors (Lipinski definition) is 0. The monoisotopic (exact) mass is 700 g/mol. The van der Waals surface area contributed by atoms with E-state index < -0.39 is 0 Å². The molecule has 0 radical (unpaired) electrons. The van der Waals surface area contributed by atoms with Crippen molar-refractivity contribution in [3.05, 3.63) is 194 Å². The molecule has 0 aliphatic carbocycles. The quantitative estimate of drug-likeness (QED) is 0.179. The Labute approximate surface area is 317 Å². The Hall–Kier alpha value is -7.43. The van der Waals surface area contributed by atoms with Crippen LogP contribution in [0.15, 0.2) is 194 Å². The molecular formula is C51H32N4. The third kappa shape index (κ3) is 5.26. The Bertz CT molecular complexity index is 3260. The van der Waals surface area contributed by atoms with E-state index in [9.17, 15) is 0 Å². The maximum atomic E-state index is 5.27. The molecule has 2 aromatic heterocycles. The van der Waals surface area contributed by atoms with Gasteiger partial charge in [0.2, 0.25) is 0 Å². The molecule has 4 nitrogen and oxygen atoms in total. The van der Waals surface area contributed by atoms with E-state index in [1.807, 2.05) is 24.3 Å². The lowest BCUT2D eigenvalue weighted by atomic mass is 10.00. The van der Waals surface area contributed by atoms with Gasteiger partial charge in [-0.15, -0.1) is 0 Å². The highest BCUT2D eigenvalue weighted by atomic mass is 15.1. The second-order valence-corrected chi connectivity index (χ2v) is 14.1. The summed E-state index contributed by atoms with van der Waals surface area (Å²) in [6, 6.07) is 68.7. The molecule has 0 spiro atoms. The maximum absolute atomic E-state index is 5.27. The normalized spacial score (nSPS) is 11.6. The van der Waals surface area contributed by atoms with Crippen molar-refractivity contribution in [1.82, 2.24) is 19.5 Å². The van der Waals surface area contributed by atoms with Crippen LogP contribution in [0.3, 0.4) is 0 Å². The minimum Gasteiger partial charge on any atom is -0.308 e. The van der Waals surface area contributed by atoms with Crippen LogP contribution in [0.25, 0.3) is 105 Å². The minimum absolute atomic E-state index is 0.621. The molecular weight excluding hydrogens is 669 g/mol. The molecule has 0 amide bonds. The van der Waals surface area contributed by atoms with Crippen molar-refractivity contribution in [2.75, 3.05) is 0 Å². The summed E-state index contributed by atoms with van der Waals surface area (Å²) in [7, 11) is 0. The fraction of sp³-hybridized carbons (Fsp3) is 0. The second-order valence-electron chi connectivity index (χ2n) is 14.1. The molecule has 11 rings (SSSR count). The number of aromatic nitrogens is 4. The molecule has 0 fully saturated rings. The maximum Gasteiger partial charge on any atom is 0.166 e. The van der Waals surface area contributed by atoms with E-state index in [4.69, 9.17) is 15.0 Å². The van der Waals surface area contributed by atoms with Crippen LogP contribution in [0.1, 0.15) is 0 Å². The number of benzene rings is 9. The van der Waals surface area contributed by atoms with Gasteiger partial charge >= 0.3 is 0 Å². The van der Waals surface area contributed by atoms with E-state index in [0.717, 1.165) is 38.8 Å². The Morgan fingerprint density at radius 1 is 0.309 bits per heavy atom. The molecule has 0 saturated heterocycles. The van der Waals surface area contributed by atoms with Crippen LogP contribution >= 0.6 is 0 Å². The predicted molar refractivity (Wildman–Crippen MR) is 228 cm³/mol. The van der Waals surface area contributed by atoms with E-state index in [1.165, 1.54) is 48.8 Å². The molecule has 0 bridgehead atoms. The van der Waals surface area contributed by atoms with Crippen molar-refractivity contribution in [3.63, 3.8) is 0 Å². The Morgan fingerprint density at radius 3 is 1.64 bits per heavy atom. The first-order valence-electron chi connectivity index (χ1n) is 18.6. The summed E-state index contributed by atoms with van der Waals surface area (Å²) in [6.07, 6.45) is 0. The average molecular weight is 701 g/mol. The van der Waals surface area contributed by atoms with Crippen molar-refractivity contribution < 1.29 is 0 Å². The highest BCUT2D eigenvalue weighted by Crippen LogP contribution is 2.41. The summed E-state index contributed by atoms with van der Waals surface area (Å²) in [5.41, 5.74) is 8.48. The summed E-state index contributed by atoms with van der Waals surface area (Å²) in [4.78, 5) is 15.6. The highest BCUT2D eigenvalue weighted by molar-refractivity contribution is 6.23. The van der Waals surface area contributed by atoms with E-state index in [-0.39, 0.29) is 0 Å². The first kappa shape index (κ1) is 31.1. The molecule has 0 aliphatic heterocycles. The van der Waals surface area contributed by atoms with E-state index in [0.29, 0.717) is 17.5 Å². The van der Waals surface area contributed by atoms with Crippen LogP contribution in [0.4, 0.5) is 0 Å². The zero-order valence-electron chi connectivity index (χ0n) is 29.8. The van der Waals surface area contributed by atoms with Crippen molar-refractivity contribution in [2.24, 2.45) is 0 Å². The van der Waals surface area contributed by atoms with E-state index >= 15 is 0 Å². The summed E-state index contributed by atoms with van der Waals surface area (Å²) in [5.74, 6) is 1.89. The van der Waals surface area contributed by atoms with Gasteiger partial charge in [0.15, 0.2) is 17.5 Å². The molecule has 4 heteroatoms. The van der Waals surface area contributed by atoms with Crippen LogP contribution in [0.5, 0.6) is 0 Å². The summed E-state index contributed by atoms with van der Waals surface area (Å²) >= 11 is 0. The highest BCUT2D eigenvalue weighted by Gasteiger charge is 2.21. The number of hydrogen-bond acceptors (Lipinski definition) is 3. The molecule has 11 aromatic rings. The summed E-state index contributed by atoms with van der Waals surface area (Å²) < 4.78 is 2.39. The van der Waals surface area contributed by atoms with Crippen LogP contribution < -0.4 is 0 Å². The molecule has 0 saturated carbocycles. The van der Waals surface area contributed by atoms with Gasteiger partial charge in [-0.05, 0) is 85.9 Å². The number of nitrogens with zero attached hydrogens (tertiary/aromatic N) is 4. The number of fused-ring (bicyclic) bond motifs is 7. The standard InChI is InChI=1S/C51H32N4/c1-3-13-33(14-4-1)38-23-24-40-30-41(26-25-39(40)29-38)50-52-49(35-16-5-2-6-17-35)53-51(54-50)43-21-11-12-22-45(43)55-46-28-27-34-15-9-10-20-42(34)48(46)44-31-36-18-7-8-19-37(36)32-47(44)55/h1-32H. The van der Waals surface area contributed by atoms with Crippen molar-refractivity contribution in [1.29, 1.82) is 0 Å². The third-order valence-corrected chi connectivity index (χ3v) is 10.8. The summed E-state index contributed by atoms with van der Waals surface area (Å²) in [6.45, 7) is 0. The van der Waals surface area contributed by atoms with E-state index in [2.05, 4.69) is 174 Å². The SMILES string of the molecule is c1ccc(-c2ccc3cc(-c4nc(-c5ccccc5)nc(-c5ccccc5-n5c6cc7ccccc7cc6c6c7ccccc7ccc65)n4)ccc3c2)cc1. The Kier molecular flexibility index (Phi) is 7.14. The predicted octanol–water partition coefficient (Wildman–Crippen LogP) is 13.1. The molecule has 0 unspecified atom stereocenters. The zero-order chi connectivity index (χ0) is 36.3. The van der Waals surface area contributed by atoms with E-state index in [1.54, 1.807) is 0 Å². The van der Waals surface area contributed by atoms with Gasteiger partial charge in [0.25, 0.3) is 0 Å². The molecule has 0 N–H and O–H groups in total. The smallest absolute Gasteiger partial charge is 0.166 e. The van der Waals surface area contributed by atoms with Crippen LogP contribution in [0.2, 0.25) is 0 Å². The van der Waals surface area contributed by atoms with Gasteiger partial charge in [-0.1, -0.05) is 152 Å². The van der Waals surface area contributed by atoms with Crippen LogP contribution in [-0.4, -0.2) is 19.5 Å². The lowest BCUT2D eigenvalue weighted by molar-refractivity contribution is 1.06. The fourth-order valence-corrected chi connectivity index (χ4v) is 8.13. The van der Waals surface area contributed by atoms with Gasteiger partial charge in [0.1, 0.15) is 0 Å². The van der Waals surface area contributed by atoms with Crippen molar-refractivity contribution in [2.45, 2.75) is 0 Å². The fourth-order valence-electron chi connectivity index (χ4n) is 8.13. The largest absolute Gasteiger partial charge is 0.308 e. The van der Waals surface area contributed by atoms with Gasteiger partial charge in [0, 0.05) is 27.5 Å². The minimum atomic E-state index is 0.621. The van der Waals surface area contributed by atoms with Gasteiger partial charge in [0.05, 0.1) is 16.7 Å². The zero-order valence-corrected chi connectivity index (χ0v) is 29.8. The molecule has 256 valence electrons. The topological polar surface area (TPSA) is 43.6 Å². The molecule has 0 aliphatic rings. The van der Waals surface area contributed by atoms with Gasteiger partial charge in [-0.2, -0.15) is 0 Å². The lowest BCUT2D eigenvalue weighted by Gasteiger charge is -2.15. The van der Waals surface area contributed by atoms with Crippen LogP contribution in [-0.2, 0) is 0 Å². The Balaban J connectivity index is 1.14. The first-order chi connectivity index (χ1) is 27.2. The molecule has 9 aromatic carbocycles. The molecule has 2 heterocycles. The molecule has 55 heavy (non-hydrogen) atoms. The Morgan fingerprint density at radius 2 is 0.855 bits per heavy atom. The number of rotatable bonds is 5. The van der Waals surface area contributed by atoms with Gasteiger partial charge < -0.3 is 4.57 Å². The second kappa shape index (κ2) is 12.6. The first-order valence-corrected chi connectivity index (χ1v) is 18.6. The lowest BCUT2D eigenvalue weighted by Crippen LogP contribution is -2.03. The van der Waals surface area contributed by atoms with Crippen molar-refractivity contribution >= 4 is 54.1 Å².